The van der Waals surface area contributed by atoms with Crippen LogP contribution in [-0.2, 0) is 6.54 Å². The number of hydrogen-bond donors (Lipinski definition) is 3. The summed E-state index contributed by atoms with van der Waals surface area (Å²) in [4.78, 5) is 11.7. The van der Waals surface area contributed by atoms with Crippen LogP contribution in [0.4, 0.5) is 10.8 Å². The SMILES string of the molecule is CCN(Cc1cc(Nc2nc(C)cn3c(-c4cn[nH]c4)cnc23)sn1)C1(CO)CCCC1. The number of aryl methyl sites for hydroxylation is 1. The van der Waals surface area contributed by atoms with Crippen molar-refractivity contribution >= 4 is 28.0 Å². The molecule has 3 N–H and O–H groups in total. The lowest BCUT2D eigenvalue weighted by Gasteiger charge is -2.39. The molecule has 0 atom stereocenters. The molecule has 1 saturated carbocycles. The lowest BCUT2D eigenvalue weighted by atomic mass is 9.96. The zero-order valence-electron chi connectivity index (χ0n) is 18.4. The highest BCUT2D eigenvalue weighted by Crippen LogP contribution is 2.36. The molecule has 0 unspecified atom stereocenters. The van der Waals surface area contributed by atoms with Gasteiger partial charge in [0.15, 0.2) is 11.5 Å². The predicted octanol–water partition coefficient (Wildman–Crippen LogP) is 3.75. The van der Waals surface area contributed by atoms with E-state index in [0.29, 0.717) is 5.82 Å². The molecule has 10 heteroatoms. The number of nitrogens with one attached hydrogen (secondary N) is 2. The van der Waals surface area contributed by atoms with Crippen LogP contribution in [-0.4, -0.2) is 57.6 Å². The highest BCUT2D eigenvalue weighted by atomic mass is 32.1. The van der Waals surface area contributed by atoms with Crippen LogP contribution in [0.1, 0.15) is 44.0 Å². The first-order chi connectivity index (χ1) is 15.6. The Balaban J connectivity index is 1.39. The number of rotatable bonds is 8. The number of hydrogen-bond acceptors (Lipinski definition) is 8. The van der Waals surface area contributed by atoms with Gasteiger partial charge >= 0.3 is 0 Å². The second kappa shape index (κ2) is 8.61. The fourth-order valence-electron chi connectivity index (χ4n) is 4.78. The maximum atomic E-state index is 10.1. The smallest absolute Gasteiger partial charge is 0.180 e. The van der Waals surface area contributed by atoms with E-state index in [1.54, 1.807) is 6.20 Å². The molecule has 4 aromatic heterocycles. The summed E-state index contributed by atoms with van der Waals surface area (Å²) < 4.78 is 6.70. The van der Waals surface area contributed by atoms with E-state index in [1.807, 2.05) is 29.9 Å². The third-order valence-electron chi connectivity index (χ3n) is 6.44. The second-order valence-electron chi connectivity index (χ2n) is 8.47. The minimum absolute atomic E-state index is 0.102. The van der Waals surface area contributed by atoms with Crippen LogP contribution >= 0.6 is 11.5 Å². The molecule has 9 nitrogen and oxygen atoms in total. The lowest BCUT2D eigenvalue weighted by molar-refractivity contribution is 0.0307. The number of aromatic amines is 1. The Morgan fingerprint density at radius 3 is 2.88 bits per heavy atom. The number of H-pyrrole nitrogens is 1. The molecule has 4 aromatic rings. The summed E-state index contributed by atoms with van der Waals surface area (Å²) >= 11 is 1.42. The van der Waals surface area contributed by atoms with Gasteiger partial charge in [-0.05, 0) is 43.9 Å². The van der Waals surface area contributed by atoms with Gasteiger partial charge in [-0.1, -0.05) is 19.8 Å². The number of nitrogens with zero attached hydrogens (tertiary/aromatic N) is 6. The first-order valence-electron chi connectivity index (χ1n) is 11.0. The molecule has 0 aliphatic heterocycles. The number of aromatic nitrogens is 6. The summed E-state index contributed by atoms with van der Waals surface area (Å²) in [6.45, 7) is 5.97. The first kappa shape index (κ1) is 21.0. The van der Waals surface area contributed by atoms with E-state index in [1.165, 1.54) is 24.4 Å². The number of aliphatic hydroxyl groups is 1. The maximum Gasteiger partial charge on any atom is 0.180 e. The van der Waals surface area contributed by atoms with Crippen LogP contribution in [0.3, 0.4) is 0 Å². The van der Waals surface area contributed by atoms with Crippen molar-refractivity contribution in [1.29, 1.82) is 0 Å². The van der Waals surface area contributed by atoms with Crippen molar-refractivity contribution in [1.82, 2.24) is 33.8 Å². The molecule has 0 bridgehead atoms. The Bertz CT molecular complexity index is 1190. The van der Waals surface area contributed by atoms with E-state index in [-0.39, 0.29) is 12.1 Å². The summed E-state index contributed by atoms with van der Waals surface area (Å²) in [7, 11) is 0. The van der Waals surface area contributed by atoms with Gasteiger partial charge in [-0.15, -0.1) is 0 Å². The molecular weight excluding hydrogens is 424 g/mol. The van der Waals surface area contributed by atoms with E-state index in [4.69, 9.17) is 0 Å². The number of anilines is 2. The van der Waals surface area contributed by atoms with E-state index in [2.05, 4.69) is 47.7 Å². The van der Waals surface area contributed by atoms with Crippen LogP contribution < -0.4 is 5.32 Å². The Hall–Kier alpha value is -2.82. The van der Waals surface area contributed by atoms with Crippen molar-refractivity contribution in [2.75, 3.05) is 18.5 Å². The molecular formula is C22H28N8OS. The van der Waals surface area contributed by atoms with Crippen LogP contribution in [0.25, 0.3) is 16.9 Å². The Labute approximate surface area is 190 Å². The largest absolute Gasteiger partial charge is 0.394 e. The molecule has 0 amide bonds. The minimum atomic E-state index is -0.102. The molecule has 32 heavy (non-hydrogen) atoms. The summed E-state index contributed by atoms with van der Waals surface area (Å²) in [5, 5.41) is 21.3. The Kier molecular flexibility index (Phi) is 5.66. The number of fused-ring (bicyclic) bond motifs is 1. The van der Waals surface area contributed by atoms with E-state index < -0.39 is 0 Å². The average Bonchev–Trinajstić information content (AvgIpc) is 3.59. The van der Waals surface area contributed by atoms with Gasteiger partial charge in [0.25, 0.3) is 0 Å². The second-order valence-corrected chi connectivity index (χ2v) is 9.27. The highest BCUT2D eigenvalue weighted by Gasteiger charge is 2.38. The van der Waals surface area contributed by atoms with Gasteiger partial charge in [0.05, 0.1) is 36.1 Å². The molecule has 0 saturated heterocycles. The first-order valence-corrected chi connectivity index (χ1v) is 11.8. The number of aliphatic hydroxyl groups excluding tert-OH is 1. The molecule has 0 spiro atoms. The van der Waals surface area contributed by atoms with Crippen LogP contribution in [0.2, 0.25) is 0 Å². The third kappa shape index (κ3) is 3.78. The van der Waals surface area contributed by atoms with Crippen LogP contribution in [0.5, 0.6) is 0 Å². The van der Waals surface area contributed by atoms with Crippen molar-refractivity contribution in [3.8, 4) is 11.3 Å². The fourth-order valence-corrected chi connectivity index (χ4v) is 5.43. The van der Waals surface area contributed by atoms with Crippen molar-refractivity contribution in [2.45, 2.75) is 51.6 Å². The Morgan fingerprint density at radius 1 is 1.31 bits per heavy atom. The van der Waals surface area contributed by atoms with Crippen LogP contribution in [0, 0.1) is 6.92 Å². The van der Waals surface area contributed by atoms with Gasteiger partial charge in [0, 0.05) is 30.0 Å². The van der Waals surface area contributed by atoms with E-state index >= 15 is 0 Å². The van der Waals surface area contributed by atoms with E-state index in [9.17, 15) is 5.11 Å². The molecule has 1 aliphatic carbocycles. The predicted molar refractivity (Wildman–Crippen MR) is 125 cm³/mol. The minimum Gasteiger partial charge on any atom is -0.394 e. The van der Waals surface area contributed by atoms with Crippen molar-refractivity contribution < 1.29 is 5.11 Å². The summed E-state index contributed by atoms with van der Waals surface area (Å²) in [6.07, 6.45) is 11.9. The monoisotopic (exact) mass is 452 g/mol. The third-order valence-corrected chi connectivity index (χ3v) is 7.18. The lowest BCUT2D eigenvalue weighted by Crippen LogP contribution is -2.49. The molecule has 5 rings (SSSR count). The normalized spacial score (nSPS) is 15.8. The standard InChI is InChI=1S/C22H28N8OS/c1-3-29(22(14-31)6-4-5-7-22)13-17-8-19(32-28-17)27-20-21-23-11-18(16-9-24-25-10-16)30(21)12-15(2)26-20/h8-12,31H,3-7,13-14H2,1-2H3,(H,24,25)(H,26,27). The fraction of sp³-hybridized carbons (Fsp3) is 0.455. The van der Waals surface area contributed by atoms with Crippen LogP contribution in [0.15, 0.2) is 30.9 Å². The van der Waals surface area contributed by atoms with Crippen molar-refractivity contribution in [2.24, 2.45) is 0 Å². The average molecular weight is 453 g/mol. The molecule has 168 valence electrons. The van der Waals surface area contributed by atoms with Crippen molar-refractivity contribution in [3.63, 3.8) is 0 Å². The van der Waals surface area contributed by atoms with Gasteiger partial charge in [-0.2, -0.15) is 9.47 Å². The summed E-state index contributed by atoms with van der Waals surface area (Å²) in [5.41, 5.74) is 4.47. The molecule has 0 aromatic carbocycles. The summed E-state index contributed by atoms with van der Waals surface area (Å²) in [5.74, 6) is 0.699. The molecule has 1 fully saturated rings. The maximum absolute atomic E-state index is 10.1. The van der Waals surface area contributed by atoms with Crippen molar-refractivity contribution in [3.05, 3.63) is 42.2 Å². The topological polar surface area (TPSA) is 107 Å². The molecule has 4 heterocycles. The molecule has 0 radical (unpaired) electrons. The zero-order valence-corrected chi connectivity index (χ0v) is 19.2. The zero-order chi connectivity index (χ0) is 22.1. The molecule has 1 aliphatic rings. The number of likely N-dealkylation sites (N-methyl/N-ethyl adjacent to an activating group) is 1. The number of imidazole rings is 1. The van der Waals surface area contributed by atoms with Gasteiger partial charge in [-0.25, -0.2) is 9.97 Å². The van der Waals surface area contributed by atoms with Gasteiger partial charge < -0.3 is 10.4 Å². The van der Waals surface area contributed by atoms with Gasteiger partial charge in [0.2, 0.25) is 0 Å². The van der Waals surface area contributed by atoms with Gasteiger partial charge in [-0.3, -0.25) is 14.4 Å². The quantitative estimate of drug-likeness (QED) is 0.374. The Morgan fingerprint density at radius 2 is 2.16 bits per heavy atom. The van der Waals surface area contributed by atoms with Gasteiger partial charge in [0.1, 0.15) is 5.00 Å². The highest BCUT2D eigenvalue weighted by molar-refractivity contribution is 7.10. The summed E-state index contributed by atoms with van der Waals surface area (Å²) in [6, 6.07) is 2.08. The van der Waals surface area contributed by atoms with E-state index in [0.717, 1.165) is 59.2 Å².